The molecule has 0 aliphatic carbocycles. The van der Waals surface area contributed by atoms with Crippen LogP contribution in [-0.2, 0) is 0 Å². The van der Waals surface area contributed by atoms with E-state index in [1.54, 1.807) is 5.49 Å². The SMILES string of the molecule is Cc1ccc(N2CCN(C=S)CC2)cc1. The van der Waals surface area contributed by atoms with E-state index >= 15 is 0 Å². The van der Waals surface area contributed by atoms with Gasteiger partial charge in [0, 0.05) is 31.9 Å². The number of benzene rings is 1. The Bertz CT molecular complexity index is 326. The molecule has 15 heavy (non-hydrogen) atoms. The number of aryl methyl sites for hydroxylation is 1. The van der Waals surface area contributed by atoms with E-state index in [-0.39, 0.29) is 0 Å². The van der Waals surface area contributed by atoms with Crippen LogP contribution in [0.4, 0.5) is 5.69 Å². The van der Waals surface area contributed by atoms with Crippen molar-refractivity contribution in [2.75, 3.05) is 31.1 Å². The van der Waals surface area contributed by atoms with Crippen molar-refractivity contribution in [3.63, 3.8) is 0 Å². The van der Waals surface area contributed by atoms with Gasteiger partial charge in [-0.15, -0.1) is 0 Å². The molecule has 0 aromatic heterocycles. The first-order valence-electron chi connectivity index (χ1n) is 5.30. The minimum Gasteiger partial charge on any atom is -0.368 e. The molecule has 1 aromatic rings. The van der Waals surface area contributed by atoms with Crippen LogP contribution in [-0.4, -0.2) is 36.6 Å². The van der Waals surface area contributed by atoms with Crippen LogP contribution in [0.1, 0.15) is 5.56 Å². The molecule has 1 fully saturated rings. The van der Waals surface area contributed by atoms with Gasteiger partial charge < -0.3 is 9.80 Å². The Morgan fingerprint density at radius 3 is 2.20 bits per heavy atom. The van der Waals surface area contributed by atoms with Crippen molar-refractivity contribution in [1.29, 1.82) is 0 Å². The first-order chi connectivity index (χ1) is 7.29. The molecule has 0 N–H and O–H groups in total. The molecule has 0 spiro atoms. The molecule has 1 saturated heterocycles. The third kappa shape index (κ3) is 2.48. The highest BCUT2D eigenvalue weighted by atomic mass is 32.1. The number of thiocarbonyl (C=S) groups is 1. The number of piperazine rings is 1. The summed E-state index contributed by atoms with van der Waals surface area (Å²) in [4.78, 5) is 4.61. The van der Waals surface area contributed by atoms with E-state index in [0.717, 1.165) is 26.2 Å². The smallest absolute Gasteiger partial charge is 0.0642 e. The fourth-order valence-electron chi connectivity index (χ4n) is 1.84. The summed E-state index contributed by atoms with van der Waals surface area (Å²) in [5.74, 6) is 0. The first-order valence-corrected chi connectivity index (χ1v) is 5.78. The van der Waals surface area contributed by atoms with E-state index in [0.29, 0.717) is 0 Å². The summed E-state index contributed by atoms with van der Waals surface area (Å²) in [6.45, 7) is 6.33. The van der Waals surface area contributed by atoms with Gasteiger partial charge in [-0.05, 0) is 19.1 Å². The van der Waals surface area contributed by atoms with Crippen molar-refractivity contribution in [1.82, 2.24) is 4.90 Å². The van der Waals surface area contributed by atoms with Gasteiger partial charge in [-0.3, -0.25) is 0 Å². The summed E-state index contributed by atoms with van der Waals surface area (Å²) in [6, 6.07) is 8.73. The Balaban J connectivity index is 2.01. The zero-order valence-corrected chi connectivity index (χ0v) is 9.83. The van der Waals surface area contributed by atoms with Crippen LogP contribution in [0.3, 0.4) is 0 Å². The largest absolute Gasteiger partial charge is 0.368 e. The molecule has 0 amide bonds. The summed E-state index contributed by atoms with van der Waals surface area (Å²) in [7, 11) is 0. The second-order valence-corrected chi connectivity index (χ2v) is 4.17. The van der Waals surface area contributed by atoms with Gasteiger partial charge in [-0.1, -0.05) is 29.9 Å². The summed E-state index contributed by atoms with van der Waals surface area (Å²) in [5.41, 5.74) is 4.41. The van der Waals surface area contributed by atoms with Crippen LogP contribution in [0.25, 0.3) is 0 Å². The molecule has 0 atom stereocenters. The Morgan fingerprint density at radius 1 is 1.07 bits per heavy atom. The minimum atomic E-state index is 1.04. The van der Waals surface area contributed by atoms with Crippen molar-refractivity contribution in [3.05, 3.63) is 29.8 Å². The summed E-state index contributed by atoms with van der Waals surface area (Å²) in [6.07, 6.45) is 0. The number of nitrogens with zero attached hydrogens (tertiary/aromatic N) is 2. The normalized spacial score (nSPS) is 16.6. The Hall–Kier alpha value is -1.09. The lowest BCUT2D eigenvalue weighted by molar-refractivity contribution is 0.401. The van der Waals surface area contributed by atoms with E-state index in [2.05, 4.69) is 41.0 Å². The number of hydrogen-bond donors (Lipinski definition) is 0. The summed E-state index contributed by atoms with van der Waals surface area (Å²) >= 11 is 4.93. The molecular formula is C12H16N2S. The minimum absolute atomic E-state index is 1.04. The van der Waals surface area contributed by atoms with E-state index in [1.165, 1.54) is 11.3 Å². The van der Waals surface area contributed by atoms with Crippen LogP contribution < -0.4 is 4.90 Å². The monoisotopic (exact) mass is 220 g/mol. The van der Waals surface area contributed by atoms with Gasteiger partial charge in [-0.2, -0.15) is 0 Å². The van der Waals surface area contributed by atoms with Crippen molar-refractivity contribution in [2.45, 2.75) is 6.92 Å². The van der Waals surface area contributed by atoms with Crippen LogP contribution in [0.5, 0.6) is 0 Å². The quantitative estimate of drug-likeness (QED) is 0.705. The van der Waals surface area contributed by atoms with Crippen molar-refractivity contribution in [3.8, 4) is 0 Å². The third-order valence-corrected chi connectivity index (χ3v) is 3.16. The number of rotatable bonds is 2. The van der Waals surface area contributed by atoms with Crippen molar-refractivity contribution >= 4 is 23.4 Å². The molecule has 1 aliphatic rings. The molecule has 0 unspecified atom stereocenters. The zero-order valence-electron chi connectivity index (χ0n) is 9.02. The highest BCUT2D eigenvalue weighted by Gasteiger charge is 2.14. The Kier molecular flexibility index (Phi) is 3.21. The van der Waals surface area contributed by atoms with Crippen molar-refractivity contribution < 1.29 is 0 Å². The summed E-state index contributed by atoms with van der Waals surface area (Å²) in [5, 5.41) is 0. The second kappa shape index (κ2) is 4.62. The standard InChI is InChI=1S/C12H16N2S/c1-11-2-4-12(5-3-11)14-8-6-13(10-15)7-9-14/h2-5,10H,6-9H2,1H3. The average molecular weight is 220 g/mol. The maximum atomic E-state index is 4.93. The number of hydrogen-bond acceptors (Lipinski definition) is 2. The van der Waals surface area contributed by atoms with E-state index in [1.807, 2.05) is 0 Å². The molecule has 1 heterocycles. The van der Waals surface area contributed by atoms with Gasteiger partial charge >= 0.3 is 0 Å². The molecule has 0 radical (unpaired) electrons. The number of anilines is 1. The van der Waals surface area contributed by atoms with E-state index in [4.69, 9.17) is 12.2 Å². The molecule has 0 bridgehead atoms. The molecule has 1 aromatic carbocycles. The lowest BCUT2D eigenvalue weighted by Gasteiger charge is -2.35. The van der Waals surface area contributed by atoms with Gasteiger partial charge in [0.2, 0.25) is 0 Å². The fourth-order valence-corrected chi connectivity index (χ4v) is 2.05. The van der Waals surface area contributed by atoms with Crippen LogP contribution in [0.2, 0.25) is 0 Å². The van der Waals surface area contributed by atoms with Gasteiger partial charge in [-0.25, -0.2) is 0 Å². The Morgan fingerprint density at radius 2 is 1.67 bits per heavy atom. The maximum absolute atomic E-state index is 4.93. The van der Waals surface area contributed by atoms with Crippen LogP contribution in [0.15, 0.2) is 24.3 Å². The van der Waals surface area contributed by atoms with Gasteiger partial charge in [0.25, 0.3) is 0 Å². The van der Waals surface area contributed by atoms with Crippen LogP contribution in [0, 0.1) is 6.92 Å². The molecule has 1 aliphatic heterocycles. The van der Waals surface area contributed by atoms with Crippen molar-refractivity contribution in [2.24, 2.45) is 0 Å². The van der Waals surface area contributed by atoms with Gasteiger partial charge in [0.05, 0.1) is 5.49 Å². The highest BCUT2D eigenvalue weighted by molar-refractivity contribution is 7.78. The molecule has 2 rings (SSSR count). The molecule has 80 valence electrons. The topological polar surface area (TPSA) is 6.48 Å². The lowest BCUT2D eigenvalue weighted by atomic mass is 10.2. The second-order valence-electron chi connectivity index (χ2n) is 3.96. The average Bonchev–Trinajstić information content (AvgIpc) is 2.30. The molecular weight excluding hydrogens is 204 g/mol. The first kappa shape index (κ1) is 10.4. The predicted molar refractivity (Wildman–Crippen MR) is 68.6 cm³/mol. The third-order valence-electron chi connectivity index (χ3n) is 2.86. The van der Waals surface area contributed by atoms with Crippen LogP contribution >= 0.6 is 12.2 Å². The summed E-state index contributed by atoms with van der Waals surface area (Å²) < 4.78 is 0. The lowest BCUT2D eigenvalue weighted by Crippen LogP contribution is -2.45. The maximum Gasteiger partial charge on any atom is 0.0642 e. The van der Waals surface area contributed by atoms with Gasteiger partial charge in [0.1, 0.15) is 0 Å². The van der Waals surface area contributed by atoms with Gasteiger partial charge in [0.15, 0.2) is 0 Å². The zero-order chi connectivity index (χ0) is 10.7. The molecule has 3 heteroatoms. The van der Waals surface area contributed by atoms with E-state index in [9.17, 15) is 0 Å². The molecule has 2 nitrogen and oxygen atoms in total. The Labute approximate surface area is 96.5 Å². The van der Waals surface area contributed by atoms with E-state index < -0.39 is 0 Å². The fraction of sp³-hybridized carbons (Fsp3) is 0.417. The highest BCUT2D eigenvalue weighted by Crippen LogP contribution is 2.16. The predicted octanol–water partition coefficient (Wildman–Crippen LogP) is 2.07. The molecule has 0 saturated carbocycles.